The fourth-order valence-electron chi connectivity index (χ4n) is 1.31. The highest BCUT2D eigenvalue weighted by Gasteiger charge is 2.12. The molecular weight excluding hydrogens is 264 g/mol. The number of rotatable bonds is 4. The molecule has 0 spiro atoms. The molecule has 1 unspecified atom stereocenters. The first-order valence-electron chi connectivity index (χ1n) is 4.88. The van der Waals surface area contributed by atoms with Crippen LogP contribution in [0, 0.1) is 17.6 Å². The monoisotopic (exact) mass is 277 g/mol. The molecule has 0 heterocycles. The summed E-state index contributed by atoms with van der Waals surface area (Å²) in [5.74, 6) is -0.707. The lowest BCUT2D eigenvalue weighted by Gasteiger charge is -2.10. The third-order valence-corrected chi connectivity index (χ3v) is 3.04. The van der Waals surface area contributed by atoms with Crippen molar-refractivity contribution in [1.82, 2.24) is 0 Å². The summed E-state index contributed by atoms with van der Waals surface area (Å²) in [4.78, 5) is 0. The van der Waals surface area contributed by atoms with Crippen LogP contribution >= 0.6 is 15.9 Å². The van der Waals surface area contributed by atoms with Gasteiger partial charge in [-0.3, -0.25) is 0 Å². The molecule has 4 heteroatoms. The lowest BCUT2D eigenvalue weighted by Crippen LogP contribution is -2.12. The van der Waals surface area contributed by atoms with Crippen molar-refractivity contribution in [2.75, 3.05) is 6.54 Å². The maximum absolute atomic E-state index is 13.5. The van der Waals surface area contributed by atoms with Crippen LogP contribution in [0.5, 0.6) is 0 Å². The van der Waals surface area contributed by atoms with E-state index in [-0.39, 0.29) is 11.5 Å². The normalized spacial score (nSPS) is 12.9. The Morgan fingerprint density at radius 3 is 2.67 bits per heavy atom. The SMILES string of the molecule is CC(CN)CCc1c(F)ccc(Br)c1F. The topological polar surface area (TPSA) is 26.0 Å². The Kier molecular flexibility index (Phi) is 4.67. The molecule has 0 bridgehead atoms. The van der Waals surface area contributed by atoms with Gasteiger partial charge in [-0.2, -0.15) is 0 Å². The van der Waals surface area contributed by atoms with Gasteiger partial charge in [0.1, 0.15) is 11.6 Å². The molecule has 1 atom stereocenters. The molecule has 0 fully saturated rings. The molecule has 0 saturated carbocycles. The van der Waals surface area contributed by atoms with Crippen molar-refractivity contribution in [1.29, 1.82) is 0 Å². The molecule has 0 aromatic heterocycles. The van der Waals surface area contributed by atoms with Crippen LogP contribution in [0.15, 0.2) is 16.6 Å². The fraction of sp³-hybridized carbons (Fsp3) is 0.455. The Hall–Kier alpha value is -0.480. The van der Waals surface area contributed by atoms with Crippen LogP contribution in [0.1, 0.15) is 18.9 Å². The van der Waals surface area contributed by atoms with E-state index >= 15 is 0 Å². The van der Waals surface area contributed by atoms with E-state index in [9.17, 15) is 8.78 Å². The number of hydrogen-bond acceptors (Lipinski definition) is 1. The van der Waals surface area contributed by atoms with Crippen LogP contribution in [0.3, 0.4) is 0 Å². The van der Waals surface area contributed by atoms with Crippen molar-refractivity contribution in [2.24, 2.45) is 11.7 Å². The van der Waals surface area contributed by atoms with Crippen LogP contribution in [0.2, 0.25) is 0 Å². The third kappa shape index (κ3) is 3.24. The zero-order valence-electron chi connectivity index (χ0n) is 8.56. The number of halogens is 3. The molecule has 1 rings (SSSR count). The Labute approximate surface area is 96.8 Å². The van der Waals surface area contributed by atoms with Crippen molar-refractivity contribution in [3.8, 4) is 0 Å². The second-order valence-electron chi connectivity index (χ2n) is 3.70. The van der Waals surface area contributed by atoms with Gasteiger partial charge >= 0.3 is 0 Å². The van der Waals surface area contributed by atoms with E-state index < -0.39 is 11.6 Å². The van der Waals surface area contributed by atoms with Gasteiger partial charge in [0.15, 0.2) is 0 Å². The quantitative estimate of drug-likeness (QED) is 0.840. The maximum atomic E-state index is 13.5. The van der Waals surface area contributed by atoms with Crippen molar-refractivity contribution >= 4 is 15.9 Å². The summed E-state index contributed by atoms with van der Waals surface area (Å²) in [5.41, 5.74) is 5.59. The van der Waals surface area contributed by atoms with Crippen molar-refractivity contribution in [2.45, 2.75) is 19.8 Å². The lowest BCUT2D eigenvalue weighted by molar-refractivity contribution is 0.504. The second-order valence-corrected chi connectivity index (χ2v) is 4.56. The second kappa shape index (κ2) is 5.56. The lowest BCUT2D eigenvalue weighted by atomic mass is 10.0. The minimum atomic E-state index is -0.501. The molecule has 2 N–H and O–H groups in total. The maximum Gasteiger partial charge on any atom is 0.143 e. The Bertz CT molecular complexity index is 342. The fourth-order valence-corrected chi connectivity index (χ4v) is 1.68. The van der Waals surface area contributed by atoms with Gasteiger partial charge in [-0.15, -0.1) is 0 Å². The number of nitrogens with two attached hydrogens (primary N) is 1. The van der Waals surface area contributed by atoms with E-state index in [0.717, 1.165) is 0 Å². The van der Waals surface area contributed by atoms with Crippen molar-refractivity contribution < 1.29 is 8.78 Å². The predicted octanol–water partition coefficient (Wildman–Crippen LogP) is 3.25. The van der Waals surface area contributed by atoms with E-state index in [1.165, 1.54) is 12.1 Å². The molecule has 0 saturated heterocycles. The highest BCUT2D eigenvalue weighted by Crippen LogP contribution is 2.23. The largest absolute Gasteiger partial charge is 0.330 e. The number of benzene rings is 1. The molecule has 15 heavy (non-hydrogen) atoms. The zero-order valence-corrected chi connectivity index (χ0v) is 10.2. The van der Waals surface area contributed by atoms with Crippen LogP contribution in [0.25, 0.3) is 0 Å². The van der Waals surface area contributed by atoms with Crippen LogP contribution < -0.4 is 5.73 Å². The molecule has 0 radical (unpaired) electrons. The van der Waals surface area contributed by atoms with Gasteiger partial charge in [0.05, 0.1) is 4.47 Å². The summed E-state index contributed by atoms with van der Waals surface area (Å²) < 4.78 is 27.1. The van der Waals surface area contributed by atoms with Crippen LogP contribution in [-0.2, 0) is 6.42 Å². The summed E-state index contributed by atoms with van der Waals surface area (Å²) in [5, 5.41) is 0. The number of hydrogen-bond donors (Lipinski definition) is 1. The summed E-state index contributed by atoms with van der Waals surface area (Å²) in [6, 6.07) is 2.65. The van der Waals surface area contributed by atoms with E-state index in [2.05, 4.69) is 15.9 Å². The van der Waals surface area contributed by atoms with Gasteiger partial charge in [-0.25, -0.2) is 8.78 Å². The van der Waals surface area contributed by atoms with E-state index in [1.54, 1.807) is 0 Å². The minimum Gasteiger partial charge on any atom is -0.330 e. The van der Waals surface area contributed by atoms with Gasteiger partial charge in [-0.05, 0) is 53.4 Å². The summed E-state index contributed by atoms with van der Waals surface area (Å²) in [6.45, 7) is 2.50. The molecule has 0 aliphatic heterocycles. The summed E-state index contributed by atoms with van der Waals surface area (Å²) in [6.07, 6.45) is 1.08. The average Bonchev–Trinajstić information content (AvgIpc) is 2.23. The molecule has 1 aromatic rings. The molecule has 84 valence electrons. The summed E-state index contributed by atoms with van der Waals surface area (Å²) >= 11 is 3.04. The predicted molar refractivity (Wildman–Crippen MR) is 60.6 cm³/mol. The first kappa shape index (κ1) is 12.6. The zero-order chi connectivity index (χ0) is 11.4. The van der Waals surface area contributed by atoms with Gasteiger partial charge in [0.25, 0.3) is 0 Å². The standard InChI is InChI=1S/C11H14BrF2N/c1-7(6-15)2-3-8-10(13)5-4-9(12)11(8)14/h4-5,7H,2-3,6,15H2,1H3. The van der Waals surface area contributed by atoms with Gasteiger partial charge in [0.2, 0.25) is 0 Å². The minimum absolute atomic E-state index is 0.143. The van der Waals surface area contributed by atoms with Gasteiger partial charge in [-0.1, -0.05) is 6.92 Å². The molecule has 0 aliphatic rings. The Morgan fingerprint density at radius 2 is 2.07 bits per heavy atom. The Morgan fingerprint density at radius 1 is 1.40 bits per heavy atom. The van der Waals surface area contributed by atoms with Gasteiger partial charge in [0, 0.05) is 5.56 Å². The first-order chi connectivity index (χ1) is 7.06. The van der Waals surface area contributed by atoms with E-state index in [1.807, 2.05) is 6.92 Å². The summed E-state index contributed by atoms with van der Waals surface area (Å²) in [7, 11) is 0. The van der Waals surface area contributed by atoms with E-state index in [4.69, 9.17) is 5.73 Å². The highest BCUT2D eigenvalue weighted by molar-refractivity contribution is 9.10. The molecule has 1 aromatic carbocycles. The average molecular weight is 278 g/mol. The molecule has 0 aliphatic carbocycles. The Balaban J connectivity index is 2.80. The third-order valence-electron chi connectivity index (χ3n) is 2.43. The van der Waals surface area contributed by atoms with E-state index in [0.29, 0.717) is 23.9 Å². The van der Waals surface area contributed by atoms with Crippen LogP contribution in [0.4, 0.5) is 8.78 Å². The molecule has 1 nitrogen and oxygen atoms in total. The van der Waals surface area contributed by atoms with Crippen molar-refractivity contribution in [3.63, 3.8) is 0 Å². The smallest absolute Gasteiger partial charge is 0.143 e. The highest BCUT2D eigenvalue weighted by atomic mass is 79.9. The first-order valence-corrected chi connectivity index (χ1v) is 5.68. The van der Waals surface area contributed by atoms with Gasteiger partial charge < -0.3 is 5.73 Å². The molecular formula is C11H14BrF2N. The van der Waals surface area contributed by atoms with Crippen molar-refractivity contribution in [3.05, 3.63) is 33.8 Å². The van der Waals surface area contributed by atoms with Crippen LogP contribution in [-0.4, -0.2) is 6.54 Å². The molecule has 0 amide bonds.